The third kappa shape index (κ3) is 3.39. The third-order valence-corrected chi connectivity index (χ3v) is 4.99. The van der Waals surface area contributed by atoms with Gasteiger partial charge in [0.15, 0.2) is 0 Å². The van der Waals surface area contributed by atoms with Crippen molar-refractivity contribution in [2.24, 2.45) is 0 Å². The molecule has 0 aromatic carbocycles. The van der Waals surface area contributed by atoms with E-state index in [4.69, 9.17) is 4.74 Å². The van der Waals surface area contributed by atoms with Crippen LogP contribution >= 0.6 is 23.5 Å². The maximum Gasteiger partial charge on any atom is 0.321 e. The lowest BCUT2D eigenvalue weighted by Gasteiger charge is -2.30. The zero-order valence-corrected chi connectivity index (χ0v) is 10.5. The van der Waals surface area contributed by atoms with Crippen molar-refractivity contribution >= 4 is 29.5 Å². The van der Waals surface area contributed by atoms with Crippen molar-refractivity contribution in [2.75, 3.05) is 17.4 Å². The molecule has 1 unspecified atom stereocenters. The van der Waals surface area contributed by atoms with Gasteiger partial charge in [-0.15, -0.1) is 11.8 Å². The van der Waals surface area contributed by atoms with Crippen LogP contribution in [0.4, 0.5) is 0 Å². The lowest BCUT2D eigenvalue weighted by molar-refractivity contribution is -0.146. The molecule has 0 N–H and O–H groups in total. The van der Waals surface area contributed by atoms with Crippen LogP contribution in [0.2, 0.25) is 0 Å². The molecular weight excluding hydrogens is 216 g/mol. The van der Waals surface area contributed by atoms with E-state index in [1.54, 1.807) is 11.8 Å². The summed E-state index contributed by atoms with van der Waals surface area (Å²) in [6.07, 6.45) is 2.99. The van der Waals surface area contributed by atoms with E-state index in [0.717, 1.165) is 30.1 Å². The molecule has 0 saturated carbocycles. The Balaban J connectivity index is 2.33. The third-order valence-electron chi connectivity index (χ3n) is 2.35. The molecule has 1 aliphatic rings. The molecular formula is C10H18O2S2. The second-order valence-electron chi connectivity index (χ2n) is 3.64. The Bertz CT molecular complexity index is 189. The van der Waals surface area contributed by atoms with E-state index >= 15 is 0 Å². The van der Waals surface area contributed by atoms with Gasteiger partial charge in [-0.1, -0.05) is 13.3 Å². The minimum Gasteiger partial charge on any atom is -0.465 e. The number of esters is 1. The summed E-state index contributed by atoms with van der Waals surface area (Å²) >= 11 is 3.62. The molecule has 2 nitrogen and oxygen atoms in total. The largest absolute Gasteiger partial charge is 0.465 e. The molecule has 0 aliphatic carbocycles. The first-order valence-electron chi connectivity index (χ1n) is 5.08. The van der Waals surface area contributed by atoms with Gasteiger partial charge in [-0.05, 0) is 25.5 Å². The van der Waals surface area contributed by atoms with Crippen LogP contribution in [-0.4, -0.2) is 28.2 Å². The number of thioether (sulfide) groups is 2. The van der Waals surface area contributed by atoms with Crippen LogP contribution in [0.25, 0.3) is 0 Å². The Labute approximate surface area is 94.5 Å². The van der Waals surface area contributed by atoms with Gasteiger partial charge in [-0.25, -0.2) is 0 Å². The Morgan fingerprint density at radius 1 is 1.57 bits per heavy atom. The summed E-state index contributed by atoms with van der Waals surface area (Å²) in [4.78, 5) is 11.7. The average molecular weight is 234 g/mol. The van der Waals surface area contributed by atoms with Crippen molar-refractivity contribution in [1.29, 1.82) is 0 Å². The molecule has 0 radical (unpaired) electrons. The monoisotopic (exact) mass is 234 g/mol. The second kappa shape index (κ2) is 5.91. The van der Waals surface area contributed by atoms with E-state index in [1.165, 1.54) is 0 Å². The van der Waals surface area contributed by atoms with Gasteiger partial charge in [0.2, 0.25) is 0 Å². The molecule has 82 valence electrons. The number of carbonyl (C=O) groups excluding carboxylic acids is 1. The van der Waals surface area contributed by atoms with Crippen molar-refractivity contribution in [3.63, 3.8) is 0 Å². The number of ether oxygens (including phenoxy) is 1. The molecule has 1 aliphatic heterocycles. The fraction of sp³-hybridized carbons (Fsp3) is 0.900. The van der Waals surface area contributed by atoms with Crippen LogP contribution in [0.1, 0.15) is 33.1 Å². The highest BCUT2D eigenvalue weighted by molar-refractivity contribution is 8.17. The van der Waals surface area contributed by atoms with Crippen LogP contribution in [0.15, 0.2) is 0 Å². The number of rotatable bonds is 4. The number of hydrogen-bond donors (Lipinski definition) is 0. The Morgan fingerprint density at radius 2 is 2.36 bits per heavy atom. The minimum atomic E-state index is -0.279. The highest BCUT2D eigenvalue weighted by Crippen LogP contribution is 2.38. The molecule has 0 spiro atoms. The van der Waals surface area contributed by atoms with Gasteiger partial charge in [-0.2, -0.15) is 11.8 Å². The second-order valence-corrected chi connectivity index (χ2v) is 6.59. The quantitative estimate of drug-likeness (QED) is 0.552. The predicted molar refractivity (Wildman–Crippen MR) is 63.8 cm³/mol. The van der Waals surface area contributed by atoms with E-state index in [0.29, 0.717) is 6.61 Å². The highest BCUT2D eigenvalue weighted by atomic mass is 32.2. The fourth-order valence-electron chi connectivity index (χ4n) is 1.19. The number of unbranched alkanes of at least 4 members (excludes halogenated alkanes) is 1. The zero-order valence-electron chi connectivity index (χ0n) is 8.88. The van der Waals surface area contributed by atoms with Crippen molar-refractivity contribution in [1.82, 2.24) is 0 Å². The molecule has 0 bridgehead atoms. The summed E-state index contributed by atoms with van der Waals surface area (Å²) in [6.45, 7) is 4.69. The van der Waals surface area contributed by atoms with Crippen molar-refractivity contribution in [3.8, 4) is 0 Å². The molecule has 4 heteroatoms. The standard InChI is InChI=1S/C10H18O2S2/c1-3-4-6-12-9(11)10(2)5-7-13-8-14-10/h3-8H2,1-2H3. The maximum atomic E-state index is 11.7. The molecule has 1 rings (SSSR count). The molecule has 1 atom stereocenters. The lowest BCUT2D eigenvalue weighted by Crippen LogP contribution is -2.36. The van der Waals surface area contributed by atoms with Crippen molar-refractivity contribution in [3.05, 3.63) is 0 Å². The Hall–Kier alpha value is 0.170. The van der Waals surface area contributed by atoms with E-state index in [9.17, 15) is 4.79 Å². The molecule has 0 aromatic heterocycles. The fourth-order valence-corrected chi connectivity index (χ4v) is 4.14. The Kier molecular flexibility index (Phi) is 5.17. The predicted octanol–water partition coefficient (Wildman–Crippen LogP) is 2.92. The molecule has 1 saturated heterocycles. The lowest BCUT2D eigenvalue weighted by atomic mass is 10.1. The smallest absolute Gasteiger partial charge is 0.321 e. The molecule has 0 amide bonds. The summed E-state index contributed by atoms with van der Waals surface area (Å²) in [5.74, 6) is 1.06. The van der Waals surface area contributed by atoms with Gasteiger partial charge in [0.1, 0.15) is 4.75 Å². The first kappa shape index (κ1) is 12.2. The van der Waals surface area contributed by atoms with Gasteiger partial charge in [0.05, 0.1) is 6.61 Å². The minimum absolute atomic E-state index is 0.0174. The van der Waals surface area contributed by atoms with Crippen LogP contribution < -0.4 is 0 Å². The van der Waals surface area contributed by atoms with Crippen molar-refractivity contribution < 1.29 is 9.53 Å². The maximum absolute atomic E-state index is 11.7. The normalized spacial score (nSPS) is 27.3. The average Bonchev–Trinajstić information content (AvgIpc) is 2.19. The number of hydrogen-bond acceptors (Lipinski definition) is 4. The Morgan fingerprint density at radius 3 is 2.93 bits per heavy atom. The van der Waals surface area contributed by atoms with E-state index in [-0.39, 0.29) is 10.7 Å². The first-order chi connectivity index (χ1) is 6.69. The summed E-state index contributed by atoms with van der Waals surface area (Å²) < 4.78 is 4.98. The van der Waals surface area contributed by atoms with Gasteiger partial charge in [0.25, 0.3) is 0 Å². The van der Waals surface area contributed by atoms with E-state index in [2.05, 4.69) is 6.92 Å². The molecule has 14 heavy (non-hydrogen) atoms. The highest BCUT2D eigenvalue weighted by Gasteiger charge is 2.37. The number of carbonyl (C=O) groups is 1. The van der Waals surface area contributed by atoms with Crippen LogP contribution in [0.5, 0.6) is 0 Å². The zero-order chi connectivity index (χ0) is 10.4. The molecule has 1 heterocycles. The van der Waals surface area contributed by atoms with Crippen LogP contribution in [-0.2, 0) is 9.53 Å². The van der Waals surface area contributed by atoms with Gasteiger partial charge >= 0.3 is 5.97 Å². The summed E-state index contributed by atoms with van der Waals surface area (Å²) in [6, 6.07) is 0. The topological polar surface area (TPSA) is 26.3 Å². The molecule has 0 aromatic rings. The van der Waals surface area contributed by atoms with Crippen molar-refractivity contribution in [2.45, 2.75) is 37.9 Å². The van der Waals surface area contributed by atoms with Crippen LogP contribution in [0, 0.1) is 0 Å². The van der Waals surface area contributed by atoms with Crippen LogP contribution in [0.3, 0.4) is 0 Å². The van der Waals surface area contributed by atoms with E-state index in [1.807, 2.05) is 18.7 Å². The first-order valence-corrected chi connectivity index (χ1v) is 7.22. The summed E-state index contributed by atoms with van der Waals surface area (Å²) in [5.41, 5.74) is 0. The van der Waals surface area contributed by atoms with Gasteiger partial charge in [-0.3, -0.25) is 4.79 Å². The van der Waals surface area contributed by atoms with Gasteiger partial charge < -0.3 is 4.74 Å². The van der Waals surface area contributed by atoms with E-state index < -0.39 is 0 Å². The summed E-state index contributed by atoms with van der Waals surface area (Å²) in [5, 5.41) is 1.01. The van der Waals surface area contributed by atoms with Gasteiger partial charge in [0, 0.05) is 5.08 Å². The summed E-state index contributed by atoms with van der Waals surface area (Å²) in [7, 11) is 0. The SMILES string of the molecule is CCCCOC(=O)C1(C)CCSCS1. The molecule has 1 fully saturated rings.